The van der Waals surface area contributed by atoms with Gasteiger partial charge in [-0.2, -0.15) is 4.98 Å². The third-order valence-corrected chi connectivity index (χ3v) is 4.82. The average Bonchev–Trinajstić information content (AvgIpc) is 3.44. The lowest BCUT2D eigenvalue weighted by molar-refractivity contribution is 0.0683. The van der Waals surface area contributed by atoms with Gasteiger partial charge in [0.15, 0.2) is 11.8 Å². The van der Waals surface area contributed by atoms with E-state index in [1.165, 1.54) is 18.4 Å². The molecule has 172 valence electrons. The van der Waals surface area contributed by atoms with Crippen molar-refractivity contribution < 1.29 is 14.0 Å². The first-order valence-electron chi connectivity index (χ1n) is 10.8. The summed E-state index contributed by atoms with van der Waals surface area (Å²) in [5.41, 5.74) is 2.26. The zero-order valence-electron chi connectivity index (χ0n) is 18.8. The number of benzene rings is 1. The van der Waals surface area contributed by atoms with E-state index in [2.05, 4.69) is 45.9 Å². The number of aromatic nitrogens is 2. The maximum absolute atomic E-state index is 6.05. The Hall–Kier alpha value is -1.88. The molecule has 1 atom stereocenters. The molecule has 1 aromatic carbocycles. The molecule has 0 spiro atoms. The first-order chi connectivity index (χ1) is 14.6. The molecule has 8 nitrogen and oxygen atoms in total. The summed E-state index contributed by atoms with van der Waals surface area (Å²) in [7, 11) is 0. The summed E-state index contributed by atoms with van der Waals surface area (Å²) in [6, 6.07) is 6.27. The number of guanidine groups is 1. The van der Waals surface area contributed by atoms with Crippen molar-refractivity contribution in [3.05, 3.63) is 41.0 Å². The van der Waals surface area contributed by atoms with Gasteiger partial charge in [0.25, 0.3) is 0 Å². The van der Waals surface area contributed by atoms with Gasteiger partial charge in [0, 0.05) is 18.7 Å². The highest BCUT2D eigenvalue weighted by molar-refractivity contribution is 14.0. The minimum Gasteiger partial charge on any atom is -0.493 e. The average molecular weight is 543 g/mol. The van der Waals surface area contributed by atoms with Crippen LogP contribution in [0.2, 0.25) is 0 Å². The normalized spacial score (nSPS) is 14.6. The van der Waals surface area contributed by atoms with Crippen LogP contribution < -0.4 is 15.4 Å². The largest absolute Gasteiger partial charge is 0.493 e. The molecule has 0 radical (unpaired) electrons. The highest BCUT2D eigenvalue weighted by Crippen LogP contribution is 2.31. The summed E-state index contributed by atoms with van der Waals surface area (Å²) >= 11 is 0. The van der Waals surface area contributed by atoms with E-state index in [0.29, 0.717) is 43.3 Å². The van der Waals surface area contributed by atoms with Crippen LogP contribution in [0.1, 0.15) is 62.6 Å². The zero-order chi connectivity index (χ0) is 21.3. The highest BCUT2D eigenvalue weighted by Gasteiger charge is 2.22. The SMILES string of the molecule is CCNC(=NCc1ccc(C)cc1OCC1CC1)NCc1nc(C(C)OCC)no1.I. The third kappa shape index (κ3) is 8.29. The van der Waals surface area contributed by atoms with E-state index in [1.807, 2.05) is 20.8 Å². The predicted molar refractivity (Wildman–Crippen MR) is 131 cm³/mol. The van der Waals surface area contributed by atoms with Crippen LogP contribution in [0.3, 0.4) is 0 Å². The molecule has 1 heterocycles. The maximum atomic E-state index is 6.05. The van der Waals surface area contributed by atoms with Crippen molar-refractivity contribution >= 4 is 29.9 Å². The van der Waals surface area contributed by atoms with Crippen LogP contribution in [0.15, 0.2) is 27.7 Å². The molecular formula is C22H34IN5O3. The number of rotatable bonds is 11. The van der Waals surface area contributed by atoms with Crippen molar-refractivity contribution in [3.63, 3.8) is 0 Å². The van der Waals surface area contributed by atoms with Gasteiger partial charge in [-0.3, -0.25) is 0 Å². The molecule has 2 N–H and O–H groups in total. The fourth-order valence-electron chi connectivity index (χ4n) is 2.91. The first-order valence-corrected chi connectivity index (χ1v) is 10.8. The fraction of sp³-hybridized carbons (Fsp3) is 0.591. The smallest absolute Gasteiger partial charge is 0.246 e. The third-order valence-electron chi connectivity index (χ3n) is 4.82. The van der Waals surface area contributed by atoms with Crippen LogP contribution in [0.25, 0.3) is 0 Å². The molecule has 1 aliphatic rings. The second-order valence-electron chi connectivity index (χ2n) is 7.56. The van der Waals surface area contributed by atoms with Crippen LogP contribution in [0, 0.1) is 12.8 Å². The number of ether oxygens (including phenoxy) is 2. The summed E-state index contributed by atoms with van der Waals surface area (Å²) in [5, 5.41) is 10.5. The molecule has 3 rings (SSSR count). The first kappa shape index (κ1) is 25.4. The van der Waals surface area contributed by atoms with E-state index in [4.69, 9.17) is 19.0 Å². The lowest BCUT2D eigenvalue weighted by atomic mass is 10.1. The minimum atomic E-state index is -0.190. The van der Waals surface area contributed by atoms with Gasteiger partial charge in [-0.1, -0.05) is 17.3 Å². The monoisotopic (exact) mass is 543 g/mol. The van der Waals surface area contributed by atoms with E-state index >= 15 is 0 Å². The Morgan fingerprint density at radius 2 is 2.10 bits per heavy atom. The number of nitrogens with zero attached hydrogens (tertiary/aromatic N) is 3. The Kier molecular flexibility index (Phi) is 10.5. The summed E-state index contributed by atoms with van der Waals surface area (Å²) in [6.07, 6.45) is 2.35. The Morgan fingerprint density at radius 3 is 2.81 bits per heavy atom. The zero-order valence-corrected chi connectivity index (χ0v) is 21.1. The number of halogens is 1. The molecule has 2 aromatic rings. The van der Waals surface area contributed by atoms with Crippen molar-refractivity contribution in [2.45, 2.75) is 59.7 Å². The lowest BCUT2D eigenvalue weighted by Gasteiger charge is -2.13. The van der Waals surface area contributed by atoms with Gasteiger partial charge in [0.1, 0.15) is 11.9 Å². The quantitative estimate of drug-likeness (QED) is 0.250. The molecule has 1 saturated carbocycles. The number of hydrogen-bond donors (Lipinski definition) is 2. The minimum absolute atomic E-state index is 0. The standard InChI is InChI=1S/C22H33N5O3.HI/c1-5-23-22(25-13-20-26-21(27-30-20)16(4)28-6-2)24-12-18-10-7-15(3)11-19(18)29-14-17-8-9-17;/h7,10-11,16-17H,5-6,8-9,12-14H2,1-4H3,(H2,23,24,25);1H. The molecule has 31 heavy (non-hydrogen) atoms. The Labute approximate surface area is 201 Å². The van der Waals surface area contributed by atoms with Gasteiger partial charge in [-0.25, -0.2) is 4.99 Å². The molecule has 0 aliphatic heterocycles. The topological polar surface area (TPSA) is 93.8 Å². The lowest BCUT2D eigenvalue weighted by Crippen LogP contribution is -2.36. The molecule has 9 heteroatoms. The van der Waals surface area contributed by atoms with Gasteiger partial charge in [0.2, 0.25) is 5.89 Å². The Balaban J connectivity index is 0.00000341. The second kappa shape index (κ2) is 12.8. The number of nitrogens with one attached hydrogen (secondary N) is 2. The Bertz CT molecular complexity index is 838. The number of aliphatic imine (C=N–C) groups is 1. The van der Waals surface area contributed by atoms with Crippen LogP contribution in [-0.4, -0.2) is 35.9 Å². The van der Waals surface area contributed by atoms with E-state index < -0.39 is 0 Å². The number of aryl methyl sites for hydroxylation is 1. The molecule has 0 saturated heterocycles. The van der Waals surface area contributed by atoms with E-state index in [9.17, 15) is 0 Å². The molecule has 0 bridgehead atoms. The van der Waals surface area contributed by atoms with Crippen LogP contribution >= 0.6 is 24.0 Å². The Morgan fingerprint density at radius 1 is 1.29 bits per heavy atom. The molecule has 1 fully saturated rings. The van der Waals surface area contributed by atoms with Gasteiger partial charge in [-0.15, -0.1) is 24.0 Å². The summed E-state index contributed by atoms with van der Waals surface area (Å²) in [4.78, 5) is 9.08. The highest BCUT2D eigenvalue weighted by atomic mass is 127. The van der Waals surface area contributed by atoms with Crippen LogP contribution in [0.5, 0.6) is 5.75 Å². The van der Waals surface area contributed by atoms with E-state index in [1.54, 1.807) is 0 Å². The van der Waals surface area contributed by atoms with Crippen molar-refractivity contribution in [2.75, 3.05) is 19.8 Å². The maximum Gasteiger partial charge on any atom is 0.246 e. The van der Waals surface area contributed by atoms with E-state index in [-0.39, 0.29) is 30.1 Å². The van der Waals surface area contributed by atoms with Gasteiger partial charge < -0.3 is 24.6 Å². The van der Waals surface area contributed by atoms with Crippen molar-refractivity contribution in [1.82, 2.24) is 20.8 Å². The van der Waals surface area contributed by atoms with Crippen molar-refractivity contribution in [3.8, 4) is 5.75 Å². The summed E-state index contributed by atoms with van der Waals surface area (Å²) in [5.74, 6) is 3.36. The summed E-state index contributed by atoms with van der Waals surface area (Å²) < 4.78 is 16.9. The van der Waals surface area contributed by atoms with Crippen molar-refractivity contribution in [1.29, 1.82) is 0 Å². The van der Waals surface area contributed by atoms with Gasteiger partial charge in [-0.05, 0) is 58.1 Å². The van der Waals surface area contributed by atoms with Gasteiger partial charge in [0.05, 0.1) is 19.7 Å². The van der Waals surface area contributed by atoms with Crippen molar-refractivity contribution in [2.24, 2.45) is 10.9 Å². The molecule has 1 aromatic heterocycles. The predicted octanol–water partition coefficient (Wildman–Crippen LogP) is 4.14. The molecule has 1 unspecified atom stereocenters. The second-order valence-corrected chi connectivity index (χ2v) is 7.56. The summed E-state index contributed by atoms with van der Waals surface area (Å²) in [6.45, 7) is 11.0. The van der Waals surface area contributed by atoms with Crippen LogP contribution in [-0.2, 0) is 17.8 Å². The number of hydrogen-bond acceptors (Lipinski definition) is 6. The van der Waals surface area contributed by atoms with Crippen LogP contribution in [0.4, 0.5) is 0 Å². The molecule has 1 aliphatic carbocycles. The fourth-order valence-corrected chi connectivity index (χ4v) is 2.91. The molecular weight excluding hydrogens is 509 g/mol. The van der Waals surface area contributed by atoms with Gasteiger partial charge >= 0.3 is 0 Å². The van der Waals surface area contributed by atoms with E-state index in [0.717, 1.165) is 24.5 Å². The molecule has 0 amide bonds.